The van der Waals surface area contributed by atoms with Crippen molar-refractivity contribution in [3.05, 3.63) is 23.8 Å². The second-order valence-electron chi connectivity index (χ2n) is 7.48. The van der Waals surface area contributed by atoms with E-state index in [9.17, 15) is 19.5 Å². The van der Waals surface area contributed by atoms with E-state index in [1.54, 1.807) is 19.9 Å². The minimum Gasteiger partial charge on any atom is -0.458 e. The number of esters is 2. The molecule has 2 aliphatic rings. The third kappa shape index (κ3) is 5.12. The van der Waals surface area contributed by atoms with Crippen molar-refractivity contribution < 1.29 is 38.4 Å². The summed E-state index contributed by atoms with van der Waals surface area (Å²) in [6.45, 7) is 6.80. The number of ketones is 1. The third-order valence-electron chi connectivity index (χ3n) is 5.82. The van der Waals surface area contributed by atoms with E-state index < -0.39 is 48.2 Å². The summed E-state index contributed by atoms with van der Waals surface area (Å²) in [6.07, 6.45) is -0.671. The molecular formula is C21H30O8. The molecule has 6 atom stereocenters. The average Bonchev–Trinajstić information content (AvgIpc) is 2.99. The van der Waals surface area contributed by atoms with E-state index >= 15 is 0 Å². The number of fused-ring (bicyclic) bond motifs is 1. The van der Waals surface area contributed by atoms with Gasteiger partial charge >= 0.3 is 11.9 Å². The SMILES string of the molecule is C=C1C(=O)O[C@@H]2CC(CO)C(=O)C[C@H](OC)C(OC)C[C@@H](OC(=O)/C(C)=C\C)[C@H]12. The van der Waals surface area contributed by atoms with Crippen LogP contribution in [0, 0.1) is 11.8 Å². The molecule has 1 N–H and O–H groups in total. The molecule has 2 unspecified atom stereocenters. The molecule has 2 rings (SSSR count). The molecule has 0 aromatic rings. The summed E-state index contributed by atoms with van der Waals surface area (Å²) in [4.78, 5) is 37.4. The number of hydrogen-bond acceptors (Lipinski definition) is 8. The molecule has 1 heterocycles. The Balaban J connectivity index is 2.46. The number of allylic oxidation sites excluding steroid dienone is 1. The Morgan fingerprint density at radius 1 is 1.21 bits per heavy atom. The van der Waals surface area contributed by atoms with Crippen molar-refractivity contribution in [1.29, 1.82) is 0 Å². The summed E-state index contributed by atoms with van der Waals surface area (Å²) in [5.74, 6) is -2.69. The van der Waals surface area contributed by atoms with Crippen LogP contribution in [0.15, 0.2) is 23.8 Å². The summed E-state index contributed by atoms with van der Waals surface area (Å²) in [6, 6.07) is 0. The Morgan fingerprint density at radius 2 is 1.86 bits per heavy atom. The summed E-state index contributed by atoms with van der Waals surface area (Å²) < 4.78 is 22.2. The van der Waals surface area contributed by atoms with Gasteiger partial charge in [0.25, 0.3) is 0 Å². The normalized spacial score (nSPS) is 33.8. The number of rotatable bonds is 5. The van der Waals surface area contributed by atoms with Crippen LogP contribution in [0.5, 0.6) is 0 Å². The van der Waals surface area contributed by atoms with E-state index in [-0.39, 0.29) is 37.2 Å². The van der Waals surface area contributed by atoms with Gasteiger partial charge in [0.05, 0.1) is 24.7 Å². The molecule has 1 saturated carbocycles. The van der Waals surface area contributed by atoms with Crippen LogP contribution in [-0.2, 0) is 33.3 Å². The first-order valence-corrected chi connectivity index (χ1v) is 9.70. The van der Waals surface area contributed by atoms with Crippen LogP contribution < -0.4 is 0 Å². The summed E-state index contributed by atoms with van der Waals surface area (Å²) in [7, 11) is 2.95. The van der Waals surface area contributed by atoms with Crippen molar-refractivity contribution in [3.63, 3.8) is 0 Å². The van der Waals surface area contributed by atoms with Gasteiger partial charge in [-0.2, -0.15) is 0 Å². The van der Waals surface area contributed by atoms with Gasteiger partial charge in [-0.25, -0.2) is 9.59 Å². The molecular weight excluding hydrogens is 380 g/mol. The maximum Gasteiger partial charge on any atom is 0.334 e. The zero-order valence-corrected chi connectivity index (χ0v) is 17.4. The maximum atomic E-state index is 12.7. The topological polar surface area (TPSA) is 108 Å². The van der Waals surface area contributed by atoms with Crippen LogP contribution in [0.1, 0.15) is 33.1 Å². The van der Waals surface area contributed by atoms with Gasteiger partial charge in [0, 0.05) is 44.1 Å². The fourth-order valence-corrected chi connectivity index (χ4v) is 3.87. The van der Waals surface area contributed by atoms with Gasteiger partial charge in [-0.3, -0.25) is 4.79 Å². The highest BCUT2D eigenvalue weighted by Gasteiger charge is 2.48. The molecule has 0 radical (unpaired) electrons. The van der Waals surface area contributed by atoms with Crippen molar-refractivity contribution >= 4 is 17.7 Å². The van der Waals surface area contributed by atoms with Crippen LogP contribution in [0.3, 0.4) is 0 Å². The first-order chi connectivity index (χ1) is 13.8. The molecule has 0 aromatic heterocycles. The number of hydrogen-bond donors (Lipinski definition) is 1. The molecule has 1 aliphatic carbocycles. The standard InChI is InChI=1S/C21H30O8/c1-6-11(2)20(24)28-18-9-16(27-5)15(26-4)8-14(23)13(10-22)7-17-19(18)12(3)21(25)29-17/h6,13,15-19,22H,3,7-10H2,1-2,4-5H3/b11-6-/t13?,15-,16?,17+,18+,19+/m0/s1. The van der Waals surface area contributed by atoms with Gasteiger partial charge in [-0.15, -0.1) is 0 Å². The lowest BCUT2D eigenvalue weighted by Gasteiger charge is -2.35. The van der Waals surface area contributed by atoms with Crippen LogP contribution in [0.25, 0.3) is 0 Å². The lowest BCUT2D eigenvalue weighted by atomic mass is 9.80. The molecule has 0 aromatic carbocycles. The number of carbonyl (C=O) groups is 3. The van der Waals surface area contributed by atoms with Crippen molar-refractivity contribution in [2.24, 2.45) is 11.8 Å². The quantitative estimate of drug-likeness (QED) is 0.535. The van der Waals surface area contributed by atoms with E-state index in [0.717, 1.165) is 0 Å². The Morgan fingerprint density at radius 3 is 2.41 bits per heavy atom. The second-order valence-corrected chi connectivity index (χ2v) is 7.48. The first-order valence-electron chi connectivity index (χ1n) is 9.70. The molecule has 8 heteroatoms. The highest BCUT2D eigenvalue weighted by atomic mass is 16.6. The van der Waals surface area contributed by atoms with Crippen LogP contribution in [0.2, 0.25) is 0 Å². The second kappa shape index (κ2) is 10.1. The third-order valence-corrected chi connectivity index (χ3v) is 5.82. The van der Waals surface area contributed by atoms with Crippen molar-refractivity contribution in [3.8, 4) is 0 Å². The zero-order chi connectivity index (χ0) is 21.7. The Hall–Kier alpha value is -2.03. The number of methoxy groups -OCH3 is 2. The molecule has 162 valence electrons. The minimum absolute atomic E-state index is 0.0288. The molecule has 0 bridgehead atoms. The largest absolute Gasteiger partial charge is 0.458 e. The van der Waals surface area contributed by atoms with Gasteiger partial charge in [0.2, 0.25) is 0 Å². The monoisotopic (exact) mass is 410 g/mol. The van der Waals surface area contributed by atoms with E-state index in [2.05, 4.69) is 6.58 Å². The highest BCUT2D eigenvalue weighted by molar-refractivity contribution is 5.92. The number of aliphatic hydroxyl groups excluding tert-OH is 1. The Kier molecular flexibility index (Phi) is 8.13. The molecule has 8 nitrogen and oxygen atoms in total. The molecule has 2 fully saturated rings. The predicted molar refractivity (Wildman–Crippen MR) is 103 cm³/mol. The average molecular weight is 410 g/mol. The van der Waals surface area contributed by atoms with E-state index in [0.29, 0.717) is 5.57 Å². The molecule has 29 heavy (non-hydrogen) atoms. The van der Waals surface area contributed by atoms with Crippen molar-refractivity contribution in [1.82, 2.24) is 0 Å². The molecule has 0 spiro atoms. The predicted octanol–water partition coefficient (Wildman–Crippen LogP) is 1.35. The number of Topliss-reactive ketones (excluding diaryl/α,β-unsaturated/α-hetero) is 1. The number of carbonyl (C=O) groups excluding carboxylic acids is 3. The highest BCUT2D eigenvalue weighted by Crippen LogP contribution is 2.38. The molecule has 1 aliphatic heterocycles. The van der Waals surface area contributed by atoms with Crippen molar-refractivity contribution in [2.75, 3.05) is 20.8 Å². The Labute approximate surface area is 170 Å². The molecule has 1 saturated heterocycles. The fraction of sp³-hybridized carbons (Fsp3) is 0.667. The molecule has 0 amide bonds. The van der Waals surface area contributed by atoms with Gasteiger partial charge in [-0.05, 0) is 20.3 Å². The minimum atomic E-state index is -0.767. The maximum absolute atomic E-state index is 12.7. The first kappa shape index (κ1) is 23.3. The number of aliphatic hydroxyl groups is 1. The van der Waals surface area contributed by atoms with E-state index in [4.69, 9.17) is 18.9 Å². The number of ether oxygens (including phenoxy) is 4. The van der Waals surface area contributed by atoms with Crippen LogP contribution in [0.4, 0.5) is 0 Å². The zero-order valence-electron chi connectivity index (χ0n) is 17.4. The summed E-state index contributed by atoms with van der Waals surface area (Å²) >= 11 is 0. The smallest absolute Gasteiger partial charge is 0.334 e. The van der Waals surface area contributed by atoms with Gasteiger partial charge < -0.3 is 24.1 Å². The van der Waals surface area contributed by atoms with Crippen LogP contribution >= 0.6 is 0 Å². The Bertz CT molecular complexity index is 682. The van der Waals surface area contributed by atoms with E-state index in [1.165, 1.54) is 14.2 Å². The summed E-state index contributed by atoms with van der Waals surface area (Å²) in [5, 5.41) is 9.74. The van der Waals surface area contributed by atoms with Gasteiger partial charge in [0.1, 0.15) is 18.0 Å². The van der Waals surface area contributed by atoms with E-state index in [1.807, 2.05) is 0 Å². The fourth-order valence-electron chi connectivity index (χ4n) is 3.87. The van der Waals surface area contributed by atoms with Gasteiger partial charge in [-0.1, -0.05) is 12.7 Å². The lowest BCUT2D eigenvalue weighted by Crippen LogP contribution is -2.44. The van der Waals surface area contributed by atoms with Crippen molar-refractivity contribution in [2.45, 2.75) is 57.5 Å². The van der Waals surface area contributed by atoms with Crippen LogP contribution in [-0.4, -0.2) is 68.1 Å². The van der Waals surface area contributed by atoms with Gasteiger partial charge in [0.15, 0.2) is 0 Å². The summed E-state index contributed by atoms with van der Waals surface area (Å²) in [5.41, 5.74) is 0.606. The lowest BCUT2D eigenvalue weighted by molar-refractivity contribution is -0.156.